The van der Waals surface area contributed by atoms with Gasteiger partial charge in [0.2, 0.25) is 5.91 Å². The number of piperidine rings is 1. The predicted octanol–water partition coefficient (Wildman–Crippen LogP) is 3.87. The number of hydrogen-bond acceptors (Lipinski definition) is 7. The fraction of sp³-hybridized carbons (Fsp3) is 0.467. The lowest BCUT2D eigenvalue weighted by Gasteiger charge is -2.32. The van der Waals surface area contributed by atoms with Gasteiger partial charge in [-0.2, -0.15) is 0 Å². The van der Waals surface area contributed by atoms with Crippen molar-refractivity contribution >= 4 is 29.3 Å². The Morgan fingerprint density at radius 2 is 1.92 bits per heavy atom. The van der Waals surface area contributed by atoms with Gasteiger partial charge in [-0.25, -0.2) is 0 Å². The number of nitrogens with zero attached hydrogens (tertiary/aromatic N) is 2. The van der Waals surface area contributed by atoms with Crippen LogP contribution in [-0.2, 0) is 19.1 Å². The summed E-state index contributed by atoms with van der Waals surface area (Å²) in [5.41, 5.74) is 2.91. The first-order valence-corrected chi connectivity index (χ1v) is 13.5. The van der Waals surface area contributed by atoms with Crippen molar-refractivity contribution in [3.05, 3.63) is 53.1 Å². The molecule has 4 rings (SSSR count). The van der Waals surface area contributed by atoms with Gasteiger partial charge in [-0.3, -0.25) is 19.2 Å². The molecule has 0 bridgehead atoms. The molecule has 0 aliphatic carbocycles. The van der Waals surface area contributed by atoms with Crippen LogP contribution >= 0.6 is 0 Å². The van der Waals surface area contributed by atoms with E-state index in [4.69, 9.17) is 14.2 Å². The largest absolute Gasteiger partial charge is 0.485 e. The van der Waals surface area contributed by atoms with E-state index in [2.05, 4.69) is 0 Å². The zero-order chi connectivity index (χ0) is 27.9. The average molecular weight is 537 g/mol. The normalized spacial score (nSPS) is 16.8. The minimum Gasteiger partial charge on any atom is -0.485 e. The molecule has 2 aliphatic heterocycles. The SMILES string of the molecule is CCOC(=O)[C@H]1CCCN(C(=O)CCCN2C(=O)COc3ccc(C(=O)COc4cc(C)ccc4C)cc32)C1. The van der Waals surface area contributed by atoms with Crippen LogP contribution in [0.15, 0.2) is 36.4 Å². The monoisotopic (exact) mass is 536 g/mol. The summed E-state index contributed by atoms with van der Waals surface area (Å²) in [5.74, 6) is 0.145. The topological polar surface area (TPSA) is 102 Å². The Labute approximate surface area is 229 Å². The number of likely N-dealkylation sites (tertiary alicyclic amines) is 1. The molecular formula is C30H36N2O7. The maximum absolute atomic E-state index is 12.9. The summed E-state index contributed by atoms with van der Waals surface area (Å²) >= 11 is 0. The first-order valence-electron chi connectivity index (χ1n) is 13.5. The van der Waals surface area contributed by atoms with Crippen LogP contribution in [0, 0.1) is 19.8 Å². The van der Waals surface area contributed by atoms with E-state index in [9.17, 15) is 19.2 Å². The number of carbonyl (C=O) groups is 4. The molecule has 0 saturated carbocycles. The molecule has 1 fully saturated rings. The second-order valence-electron chi connectivity index (χ2n) is 10.0. The average Bonchev–Trinajstić information content (AvgIpc) is 2.94. The number of fused-ring (bicyclic) bond motifs is 1. The highest BCUT2D eigenvalue weighted by atomic mass is 16.5. The molecule has 2 aromatic carbocycles. The lowest BCUT2D eigenvalue weighted by molar-refractivity contribution is -0.151. The molecule has 2 amide bonds. The smallest absolute Gasteiger partial charge is 0.310 e. The maximum atomic E-state index is 12.9. The molecule has 1 saturated heterocycles. The number of carbonyl (C=O) groups excluding carboxylic acids is 4. The third kappa shape index (κ3) is 6.96. The number of hydrogen-bond donors (Lipinski definition) is 0. The van der Waals surface area contributed by atoms with Crippen LogP contribution in [0.4, 0.5) is 5.69 Å². The summed E-state index contributed by atoms with van der Waals surface area (Å²) in [4.78, 5) is 53.9. The standard InChI is InChI=1S/C30H36N2O7/c1-4-37-30(36)23-7-5-13-31(17-23)28(34)8-6-14-32-24-16-22(11-12-26(24)39-19-29(32)35)25(33)18-38-27-15-20(2)9-10-21(27)3/h9-12,15-16,23H,4-8,13-14,17-19H2,1-3H3/t23-/m0/s1. The van der Waals surface area contributed by atoms with E-state index in [0.717, 1.165) is 24.0 Å². The number of ether oxygens (including phenoxy) is 3. The summed E-state index contributed by atoms with van der Waals surface area (Å²) in [5, 5.41) is 0. The molecule has 208 valence electrons. The molecule has 0 N–H and O–H groups in total. The molecular weight excluding hydrogens is 500 g/mol. The number of aryl methyl sites for hydroxylation is 2. The van der Waals surface area contributed by atoms with Gasteiger partial charge >= 0.3 is 5.97 Å². The van der Waals surface area contributed by atoms with Gasteiger partial charge in [-0.15, -0.1) is 0 Å². The molecule has 0 radical (unpaired) electrons. The highest BCUT2D eigenvalue weighted by molar-refractivity contribution is 6.02. The van der Waals surface area contributed by atoms with E-state index in [0.29, 0.717) is 55.4 Å². The zero-order valence-electron chi connectivity index (χ0n) is 22.9. The van der Waals surface area contributed by atoms with Crippen molar-refractivity contribution in [1.82, 2.24) is 4.90 Å². The van der Waals surface area contributed by atoms with Crippen molar-refractivity contribution in [2.45, 2.75) is 46.5 Å². The highest BCUT2D eigenvalue weighted by Gasteiger charge is 2.30. The van der Waals surface area contributed by atoms with Gasteiger partial charge in [0.1, 0.15) is 11.5 Å². The molecule has 0 aromatic heterocycles. The van der Waals surface area contributed by atoms with E-state index in [1.54, 1.807) is 34.9 Å². The van der Waals surface area contributed by atoms with Crippen LogP contribution < -0.4 is 14.4 Å². The maximum Gasteiger partial charge on any atom is 0.310 e. The Balaban J connectivity index is 1.36. The lowest BCUT2D eigenvalue weighted by Crippen LogP contribution is -2.43. The first kappa shape index (κ1) is 28.1. The predicted molar refractivity (Wildman–Crippen MR) is 145 cm³/mol. The van der Waals surface area contributed by atoms with Crippen molar-refractivity contribution < 1.29 is 33.4 Å². The van der Waals surface area contributed by atoms with Crippen LogP contribution in [0.5, 0.6) is 11.5 Å². The Hall–Kier alpha value is -3.88. The van der Waals surface area contributed by atoms with Gasteiger partial charge in [0.15, 0.2) is 19.0 Å². The third-order valence-corrected chi connectivity index (χ3v) is 7.09. The summed E-state index contributed by atoms with van der Waals surface area (Å²) in [6, 6.07) is 10.8. The highest BCUT2D eigenvalue weighted by Crippen LogP contribution is 2.33. The van der Waals surface area contributed by atoms with Crippen molar-refractivity contribution in [2.75, 3.05) is 44.4 Å². The van der Waals surface area contributed by atoms with Crippen LogP contribution in [0.1, 0.15) is 54.1 Å². The Bertz CT molecular complexity index is 1240. The Morgan fingerprint density at radius 3 is 2.72 bits per heavy atom. The molecule has 0 spiro atoms. The second-order valence-corrected chi connectivity index (χ2v) is 10.0. The minimum atomic E-state index is -0.287. The van der Waals surface area contributed by atoms with Crippen LogP contribution in [0.25, 0.3) is 0 Å². The number of Topliss-reactive ketones (excluding diaryl/α,β-unsaturated/α-hetero) is 1. The summed E-state index contributed by atoms with van der Waals surface area (Å²) in [6.45, 7) is 7.05. The van der Waals surface area contributed by atoms with Gasteiger partial charge in [0, 0.05) is 31.6 Å². The molecule has 9 heteroatoms. The summed E-state index contributed by atoms with van der Waals surface area (Å²) < 4.78 is 16.5. The van der Waals surface area contributed by atoms with Gasteiger partial charge < -0.3 is 24.0 Å². The van der Waals surface area contributed by atoms with Crippen molar-refractivity contribution in [2.24, 2.45) is 5.92 Å². The fourth-order valence-electron chi connectivity index (χ4n) is 4.91. The summed E-state index contributed by atoms with van der Waals surface area (Å²) in [6.07, 6.45) is 2.17. The van der Waals surface area contributed by atoms with E-state index in [1.165, 1.54) is 0 Å². The quantitative estimate of drug-likeness (QED) is 0.336. The van der Waals surface area contributed by atoms with E-state index < -0.39 is 0 Å². The number of amides is 2. The van der Waals surface area contributed by atoms with Gasteiger partial charge in [-0.05, 0) is 75.4 Å². The van der Waals surface area contributed by atoms with E-state index in [1.807, 2.05) is 32.0 Å². The zero-order valence-corrected chi connectivity index (χ0v) is 22.9. The fourth-order valence-corrected chi connectivity index (χ4v) is 4.91. The second kappa shape index (κ2) is 12.8. The summed E-state index contributed by atoms with van der Waals surface area (Å²) in [7, 11) is 0. The van der Waals surface area contributed by atoms with Crippen LogP contribution in [0.3, 0.4) is 0 Å². The van der Waals surface area contributed by atoms with E-state index in [-0.39, 0.29) is 49.1 Å². The van der Waals surface area contributed by atoms with Crippen molar-refractivity contribution in [1.29, 1.82) is 0 Å². The number of benzene rings is 2. The van der Waals surface area contributed by atoms with Crippen molar-refractivity contribution in [3.63, 3.8) is 0 Å². The lowest BCUT2D eigenvalue weighted by atomic mass is 9.98. The van der Waals surface area contributed by atoms with Gasteiger partial charge in [-0.1, -0.05) is 12.1 Å². The van der Waals surface area contributed by atoms with Crippen LogP contribution in [0.2, 0.25) is 0 Å². The molecule has 2 aromatic rings. The molecule has 9 nitrogen and oxygen atoms in total. The molecule has 2 heterocycles. The number of rotatable bonds is 10. The van der Waals surface area contributed by atoms with Crippen molar-refractivity contribution in [3.8, 4) is 11.5 Å². The molecule has 39 heavy (non-hydrogen) atoms. The van der Waals surface area contributed by atoms with Crippen LogP contribution in [-0.4, -0.2) is 67.9 Å². The van der Waals surface area contributed by atoms with Gasteiger partial charge in [0.25, 0.3) is 5.91 Å². The number of anilines is 1. The number of ketones is 1. The van der Waals surface area contributed by atoms with Gasteiger partial charge in [0.05, 0.1) is 18.2 Å². The minimum absolute atomic E-state index is 0.0440. The molecule has 1 atom stereocenters. The molecule has 0 unspecified atom stereocenters. The third-order valence-electron chi connectivity index (χ3n) is 7.09. The molecule has 2 aliphatic rings. The number of esters is 1. The first-order chi connectivity index (χ1) is 18.8. The van der Waals surface area contributed by atoms with E-state index >= 15 is 0 Å². The Morgan fingerprint density at radius 1 is 1.10 bits per heavy atom. The Kier molecular flexibility index (Phi) is 9.22.